The quantitative estimate of drug-likeness (QED) is 0.417. The number of allylic oxidation sites excluding steroid dienone is 2. The van der Waals surface area contributed by atoms with Crippen LogP contribution in [0, 0.1) is 29.1 Å². The molecule has 0 aromatic rings. The van der Waals surface area contributed by atoms with Gasteiger partial charge in [-0.05, 0) is 61.7 Å². The Morgan fingerprint density at radius 3 is 2.35 bits per heavy atom. The normalized spacial score (nSPS) is 27.0. The molecule has 1 aliphatic rings. The molecule has 0 saturated carbocycles. The molecule has 1 rings (SSSR count). The van der Waals surface area contributed by atoms with Gasteiger partial charge in [0.2, 0.25) is 0 Å². The van der Waals surface area contributed by atoms with Crippen molar-refractivity contribution >= 4 is 11.9 Å². The lowest BCUT2D eigenvalue weighted by Crippen LogP contribution is -2.41. The molecule has 0 amide bonds. The molecule has 26 heavy (non-hydrogen) atoms. The van der Waals surface area contributed by atoms with E-state index in [4.69, 9.17) is 9.47 Å². The molecule has 0 spiro atoms. The topological polar surface area (TPSA) is 52.6 Å². The van der Waals surface area contributed by atoms with Crippen molar-refractivity contribution in [1.82, 2.24) is 0 Å². The first-order chi connectivity index (χ1) is 12.2. The van der Waals surface area contributed by atoms with Gasteiger partial charge in [-0.15, -0.1) is 0 Å². The summed E-state index contributed by atoms with van der Waals surface area (Å²) in [7, 11) is 2.91. The van der Waals surface area contributed by atoms with E-state index in [0.29, 0.717) is 36.5 Å². The maximum atomic E-state index is 11.8. The fraction of sp³-hybridized carbons (Fsp3) is 0.818. The van der Waals surface area contributed by atoms with Crippen LogP contribution >= 0.6 is 0 Å². The minimum Gasteiger partial charge on any atom is -0.469 e. The minimum atomic E-state index is -0.137. The molecule has 4 nitrogen and oxygen atoms in total. The van der Waals surface area contributed by atoms with Crippen molar-refractivity contribution in [2.75, 3.05) is 14.2 Å². The number of ether oxygens (including phenoxy) is 2. The summed E-state index contributed by atoms with van der Waals surface area (Å²) in [5, 5.41) is 0. The largest absolute Gasteiger partial charge is 0.469 e. The second-order valence-corrected chi connectivity index (χ2v) is 8.63. The number of esters is 2. The van der Waals surface area contributed by atoms with Gasteiger partial charge < -0.3 is 9.47 Å². The van der Waals surface area contributed by atoms with Crippen LogP contribution in [0.4, 0.5) is 0 Å². The van der Waals surface area contributed by atoms with E-state index in [9.17, 15) is 9.59 Å². The Hall–Kier alpha value is -1.32. The highest BCUT2D eigenvalue weighted by molar-refractivity contribution is 5.69. The molecule has 0 aromatic carbocycles. The predicted molar refractivity (Wildman–Crippen MR) is 105 cm³/mol. The van der Waals surface area contributed by atoms with Crippen LogP contribution in [0.1, 0.15) is 73.1 Å². The maximum Gasteiger partial charge on any atom is 0.305 e. The molecule has 0 aromatic heterocycles. The monoisotopic (exact) mass is 366 g/mol. The van der Waals surface area contributed by atoms with Gasteiger partial charge in [0.05, 0.1) is 14.2 Å². The van der Waals surface area contributed by atoms with E-state index in [1.165, 1.54) is 19.8 Å². The van der Waals surface area contributed by atoms with E-state index < -0.39 is 0 Å². The second-order valence-electron chi connectivity index (χ2n) is 8.63. The van der Waals surface area contributed by atoms with Gasteiger partial charge in [-0.25, -0.2) is 0 Å². The lowest BCUT2D eigenvalue weighted by atomic mass is 9.55. The van der Waals surface area contributed by atoms with E-state index >= 15 is 0 Å². The standard InChI is InChI=1S/C22H38O4/c1-15(2)18-11-9-17(4)19(10-8-16(3)14-21(24)26-7)22(18,5)13-12-20(23)25-6/h9,15-16,18-19H,8,10-14H2,1-7H3/t16?,18-,19-,22-/m1/s1. The van der Waals surface area contributed by atoms with Gasteiger partial charge >= 0.3 is 11.9 Å². The first kappa shape index (κ1) is 22.7. The predicted octanol–water partition coefficient (Wildman–Crippen LogP) is 5.16. The number of hydrogen-bond donors (Lipinski definition) is 0. The molecule has 1 aliphatic carbocycles. The minimum absolute atomic E-state index is 0.0756. The van der Waals surface area contributed by atoms with Crippen molar-refractivity contribution in [3.63, 3.8) is 0 Å². The summed E-state index contributed by atoms with van der Waals surface area (Å²) < 4.78 is 9.69. The third kappa shape index (κ3) is 5.85. The summed E-state index contributed by atoms with van der Waals surface area (Å²) in [6.07, 6.45) is 7.29. The molecular weight excluding hydrogens is 328 g/mol. The van der Waals surface area contributed by atoms with Crippen LogP contribution in [-0.4, -0.2) is 26.2 Å². The van der Waals surface area contributed by atoms with Crippen molar-refractivity contribution in [2.45, 2.75) is 73.1 Å². The average molecular weight is 367 g/mol. The molecule has 1 unspecified atom stereocenters. The Balaban J connectivity index is 2.93. The van der Waals surface area contributed by atoms with Crippen molar-refractivity contribution in [3.8, 4) is 0 Å². The Labute approximate surface area is 159 Å². The highest BCUT2D eigenvalue weighted by atomic mass is 16.5. The molecule has 0 bridgehead atoms. The first-order valence-corrected chi connectivity index (χ1v) is 9.95. The van der Waals surface area contributed by atoms with Crippen LogP contribution < -0.4 is 0 Å². The van der Waals surface area contributed by atoms with Crippen LogP contribution in [0.25, 0.3) is 0 Å². The zero-order valence-corrected chi connectivity index (χ0v) is 17.8. The third-order valence-corrected chi connectivity index (χ3v) is 6.48. The zero-order chi connectivity index (χ0) is 19.9. The Kier molecular flexibility index (Phi) is 8.85. The van der Waals surface area contributed by atoms with E-state index in [2.05, 4.69) is 40.7 Å². The van der Waals surface area contributed by atoms with Gasteiger partial charge in [0.1, 0.15) is 0 Å². The van der Waals surface area contributed by atoms with Gasteiger partial charge in [0.25, 0.3) is 0 Å². The molecule has 0 radical (unpaired) electrons. The van der Waals surface area contributed by atoms with E-state index in [0.717, 1.165) is 25.7 Å². The smallest absolute Gasteiger partial charge is 0.305 e. The number of methoxy groups -OCH3 is 2. The highest BCUT2D eigenvalue weighted by Gasteiger charge is 2.44. The Bertz CT molecular complexity index is 508. The fourth-order valence-electron chi connectivity index (χ4n) is 4.85. The molecule has 0 N–H and O–H groups in total. The Morgan fingerprint density at radius 2 is 1.81 bits per heavy atom. The van der Waals surface area contributed by atoms with Crippen molar-refractivity contribution in [1.29, 1.82) is 0 Å². The van der Waals surface area contributed by atoms with Crippen LogP contribution in [0.2, 0.25) is 0 Å². The summed E-state index contributed by atoms with van der Waals surface area (Å²) in [4.78, 5) is 23.3. The summed E-state index contributed by atoms with van der Waals surface area (Å²) >= 11 is 0. The number of carbonyl (C=O) groups is 2. The van der Waals surface area contributed by atoms with Crippen LogP contribution in [0.3, 0.4) is 0 Å². The average Bonchev–Trinajstić information content (AvgIpc) is 2.58. The lowest BCUT2D eigenvalue weighted by Gasteiger charge is -2.49. The van der Waals surface area contributed by atoms with Crippen LogP contribution in [0.15, 0.2) is 11.6 Å². The van der Waals surface area contributed by atoms with E-state index in [1.807, 2.05) is 0 Å². The number of rotatable bonds is 9. The van der Waals surface area contributed by atoms with Gasteiger partial charge in [-0.2, -0.15) is 0 Å². The highest BCUT2D eigenvalue weighted by Crippen LogP contribution is 2.53. The van der Waals surface area contributed by atoms with Crippen LogP contribution in [-0.2, 0) is 19.1 Å². The molecule has 0 fully saturated rings. The molecule has 0 aliphatic heterocycles. The second kappa shape index (κ2) is 10.1. The number of hydrogen-bond acceptors (Lipinski definition) is 4. The van der Waals surface area contributed by atoms with Gasteiger partial charge in [-0.1, -0.05) is 39.3 Å². The van der Waals surface area contributed by atoms with Crippen molar-refractivity contribution in [3.05, 3.63) is 11.6 Å². The Morgan fingerprint density at radius 1 is 1.19 bits per heavy atom. The summed E-state index contributed by atoms with van der Waals surface area (Å²) in [5.74, 6) is 1.60. The summed E-state index contributed by atoms with van der Waals surface area (Å²) in [5.41, 5.74) is 1.51. The van der Waals surface area contributed by atoms with Crippen LogP contribution in [0.5, 0.6) is 0 Å². The van der Waals surface area contributed by atoms with Crippen molar-refractivity contribution in [2.24, 2.45) is 29.1 Å². The van der Waals surface area contributed by atoms with E-state index in [1.54, 1.807) is 0 Å². The summed E-state index contributed by atoms with van der Waals surface area (Å²) in [6.45, 7) is 11.3. The van der Waals surface area contributed by atoms with Gasteiger partial charge in [0.15, 0.2) is 0 Å². The summed E-state index contributed by atoms with van der Waals surface area (Å²) in [6, 6.07) is 0. The SMILES string of the molecule is COC(=O)CC[C@@]1(C)[C@H](CCC(C)CC(=O)OC)C(C)=CC[C@@H]1C(C)C. The molecular formula is C22H38O4. The molecule has 4 heteroatoms. The maximum absolute atomic E-state index is 11.8. The van der Waals surface area contributed by atoms with Gasteiger partial charge in [-0.3, -0.25) is 9.59 Å². The molecule has 0 saturated heterocycles. The first-order valence-electron chi connectivity index (χ1n) is 9.95. The fourth-order valence-corrected chi connectivity index (χ4v) is 4.85. The van der Waals surface area contributed by atoms with E-state index in [-0.39, 0.29) is 17.4 Å². The third-order valence-electron chi connectivity index (χ3n) is 6.48. The molecule has 0 heterocycles. The van der Waals surface area contributed by atoms with Crippen molar-refractivity contribution < 1.29 is 19.1 Å². The zero-order valence-electron chi connectivity index (χ0n) is 17.8. The molecule has 4 atom stereocenters. The number of carbonyl (C=O) groups excluding carboxylic acids is 2. The van der Waals surface area contributed by atoms with Gasteiger partial charge in [0, 0.05) is 12.8 Å². The molecule has 150 valence electrons. The lowest BCUT2D eigenvalue weighted by molar-refractivity contribution is -0.143.